The van der Waals surface area contributed by atoms with E-state index in [9.17, 15) is 4.79 Å². The van der Waals surface area contributed by atoms with E-state index in [-0.39, 0.29) is 13.2 Å². The zero-order valence-electron chi connectivity index (χ0n) is 10.0. The molecule has 0 saturated heterocycles. The molecule has 0 heterocycles. The first-order chi connectivity index (χ1) is 8.14. The second-order valence-corrected chi connectivity index (χ2v) is 3.55. The molecule has 0 radical (unpaired) electrons. The van der Waals surface area contributed by atoms with Crippen molar-refractivity contribution in [1.82, 2.24) is 5.32 Å². The van der Waals surface area contributed by atoms with Gasteiger partial charge in [0.2, 0.25) is 5.91 Å². The summed E-state index contributed by atoms with van der Waals surface area (Å²) >= 11 is 0. The van der Waals surface area contributed by atoms with Crippen LogP contribution in [0.4, 0.5) is 0 Å². The van der Waals surface area contributed by atoms with Gasteiger partial charge < -0.3 is 30.1 Å². The Hall–Kier alpha value is -0.730. The molecular weight excluding hydrogens is 230 g/mol. The van der Waals surface area contributed by atoms with Gasteiger partial charge in [-0.15, -0.1) is 0 Å². The highest BCUT2D eigenvalue weighted by atomic mass is 16.5. The Bertz CT molecular complexity index is 199. The quantitative estimate of drug-likeness (QED) is 0.330. The highest BCUT2D eigenvalue weighted by Gasteiger charge is 2.29. The Balaban J connectivity index is 3.83. The maximum atomic E-state index is 11.4. The SMILES string of the molecule is CCOCCOCC(=O)NC(CO)(CO)CO. The standard InChI is InChI=1S/C10H21NO6/c1-2-16-3-4-17-5-9(15)11-10(6-12,7-13)8-14/h12-14H,2-8H2,1H3,(H,11,15). The van der Waals surface area contributed by atoms with Crippen LogP contribution < -0.4 is 5.32 Å². The lowest BCUT2D eigenvalue weighted by Crippen LogP contribution is -2.57. The van der Waals surface area contributed by atoms with E-state index in [1.54, 1.807) is 0 Å². The summed E-state index contributed by atoms with van der Waals surface area (Å²) in [6, 6.07) is 0. The topological polar surface area (TPSA) is 108 Å². The molecule has 4 N–H and O–H groups in total. The van der Waals surface area contributed by atoms with Crippen molar-refractivity contribution in [3.05, 3.63) is 0 Å². The van der Waals surface area contributed by atoms with E-state index in [4.69, 9.17) is 24.8 Å². The minimum atomic E-state index is -1.40. The number of aliphatic hydroxyl groups is 3. The van der Waals surface area contributed by atoms with E-state index in [1.807, 2.05) is 6.92 Å². The predicted molar refractivity (Wildman–Crippen MR) is 59.4 cm³/mol. The van der Waals surface area contributed by atoms with E-state index in [0.717, 1.165) is 0 Å². The minimum absolute atomic E-state index is 0.213. The fourth-order valence-corrected chi connectivity index (χ4v) is 1.03. The van der Waals surface area contributed by atoms with Crippen LogP contribution in [0, 0.1) is 0 Å². The summed E-state index contributed by atoms with van der Waals surface area (Å²) in [6.45, 7) is 1.25. The van der Waals surface area contributed by atoms with Gasteiger partial charge in [-0.2, -0.15) is 0 Å². The predicted octanol–water partition coefficient (Wildman–Crippen LogP) is -2.13. The highest BCUT2D eigenvalue weighted by molar-refractivity contribution is 5.78. The molecule has 1 amide bonds. The van der Waals surface area contributed by atoms with E-state index in [1.165, 1.54) is 0 Å². The number of amides is 1. The lowest BCUT2D eigenvalue weighted by molar-refractivity contribution is -0.130. The summed E-state index contributed by atoms with van der Waals surface area (Å²) in [5, 5.41) is 29.2. The molecule has 0 aromatic rings. The first-order valence-corrected chi connectivity index (χ1v) is 5.43. The van der Waals surface area contributed by atoms with Crippen molar-refractivity contribution in [3.8, 4) is 0 Å². The Morgan fingerprint density at radius 1 is 1.12 bits per heavy atom. The Labute approximate surface area is 100 Å². The van der Waals surface area contributed by atoms with Crippen molar-refractivity contribution in [1.29, 1.82) is 0 Å². The second-order valence-electron chi connectivity index (χ2n) is 3.55. The number of hydrogen-bond donors (Lipinski definition) is 4. The molecule has 0 spiro atoms. The molecule has 7 heteroatoms. The largest absolute Gasteiger partial charge is 0.394 e. The maximum absolute atomic E-state index is 11.4. The molecule has 0 fully saturated rings. The molecule has 0 bridgehead atoms. The second kappa shape index (κ2) is 9.32. The third-order valence-corrected chi connectivity index (χ3v) is 2.12. The molecule has 0 aromatic heterocycles. The van der Waals surface area contributed by atoms with Gasteiger partial charge >= 0.3 is 0 Å². The maximum Gasteiger partial charge on any atom is 0.246 e. The molecule has 0 atom stereocenters. The van der Waals surface area contributed by atoms with Gasteiger partial charge in [0.1, 0.15) is 12.1 Å². The third-order valence-electron chi connectivity index (χ3n) is 2.12. The average Bonchev–Trinajstić information content (AvgIpc) is 2.36. The Morgan fingerprint density at radius 2 is 1.65 bits per heavy atom. The molecule has 0 aliphatic heterocycles. The van der Waals surface area contributed by atoms with Crippen molar-refractivity contribution < 1.29 is 29.6 Å². The minimum Gasteiger partial charge on any atom is -0.394 e. The van der Waals surface area contributed by atoms with Crippen molar-refractivity contribution in [2.45, 2.75) is 12.5 Å². The molecule has 0 rings (SSSR count). The molecule has 0 aromatic carbocycles. The molecule has 7 nitrogen and oxygen atoms in total. The number of carbonyl (C=O) groups is 1. The van der Waals surface area contributed by atoms with Crippen LogP contribution in [0.1, 0.15) is 6.92 Å². The van der Waals surface area contributed by atoms with Crippen molar-refractivity contribution in [2.75, 3.05) is 46.2 Å². The lowest BCUT2D eigenvalue weighted by atomic mass is 10.0. The lowest BCUT2D eigenvalue weighted by Gasteiger charge is -2.28. The number of hydrogen-bond acceptors (Lipinski definition) is 6. The number of rotatable bonds is 10. The van der Waals surface area contributed by atoms with Gasteiger partial charge in [-0.3, -0.25) is 4.79 Å². The van der Waals surface area contributed by atoms with E-state index >= 15 is 0 Å². The van der Waals surface area contributed by atoms with E-state index in [2.05, 4.69) is 5.32 Å². The average molecular weight is 251 g/mol. The summed E-state index contributed by atoms with van der Waals surface area (Å²) in [5.74, 6) is -0.515. The van der Waals surface area contributed by atoms with Gasteiger partial charge in [0.25, 0.3) is 0 Å². The van der Waals surface area contributed by atoms with Crippen LogP contribution in [0.15, 0.2) is 0 Å². The third kappa shape index (κ3) is 6.54. The Kier molecular flexibility index (Phi) is 8.92. The monoisotopic (exact) mass is 251 g/mol. The van der Waals surface area contributed by atoms with Crippen LogP contribution in [0.2, 0.25) is 0 Å². The van der Waals surface area contributed by atoms with E-state index < -0.39 is 31.3 Å². The van der Waals surface area contributed by atoms with Crippen LogP contribution in [-0.4, -0.2) is 73.0 Å². The van der Waals surface area contributed by atoms with Crippen LogP contribution in [0.25, 0.3) is 0 Å². The van der Waals surface area contributed by atoms with Crippen LogP contribution in [0.3, 0.4) is 0 Å². The smallest absolute Gasteiger partial charge is 0.246 e. The normalized spacial score (nSPS) is 11.5. The molecule has 0 aliphatic carbocycles. The molecule has 0 unspecified atom stereocenters. The van der Waals surface area contributed by atoms with Gasteiger partial charge in [0.05, 0.1) is 33.0 Å². The van der Waals surface area contributed by atoms with Crippen molar-refractivity contribution >= 4 is 5.91 Å². The zero-order chi connectivity index (χ0) is 13.1. The summed E-state index contributed by atoms with van der Waals surface area (Å²) in [7, 11) is 0. The summed E-state index contributed by atoms with van der Waals surface area (Å²) in [4.78, 5) is 11.4. The first-order valence-electron chi connectivity index (χ1n) is 5.43. The molecule has 102 valence electrons. The summed E-state index contributed by atoms with van der Waals surface area (Å²) in [6.07, 6.45) is 0. The number of carbonyl (C=O) groups excluding carboxylic acids is 1. The molecular formula is C10H21NO6. The van der Waals surface area contributed by atoms with Crippen molar-refractivity contribution in [2.24, 2.45) is 0 Å². The van der Waals surface area contributed by atoms with Gasteiger partial charge in [0, 0.05) is 6.61 Å². The fourth-order valence-electron chi connectivity index (χ4n) is 1.03. The molecule has 17 heavy (non-hydrogen) atoms. The highest BCUT2D eigenvalue weighted by Crippen LogP contribution is 2.01. The van der Waals surface area contributed by atoms with Gasteiger partial charge in [-0.25, -0.2) is 0 Å². The number of nitrogens with one attached hydrogen (secondary N) is 1. The van der Waals surface area contributed by atoms with E-state index in [0.29, 0.717) is 13.2 Å². The van der Waals surface area contributed by atoms with Crippen LogP contribution >= 0.6 is 0 Å². The molecule has 0 saturated carbocycles. The van der Waals surface area contributed by atoms with Gasteiger partial charge in [0.15, 0.2) is 0 Å². The zero-order valence-corrected chi connectivity index (χ0v) is 10.0. The summed E-state index contributed by atoms with van der Waals surface area (Å²) in [5.41, 5.74) is -1.40. The molecule has 0 aliphatic rings. The first kappa shape index (κ1) is 16.3. The Morgan fingerprint density at radius 3 is 2.12 bits per heavy atom. The number of ether oxygens (including phenoxy) is 2. The van der Waals surface area contributed by atoms with Crippen LogP contribution in [0.5, 0.6) is 0 Å². The van der Waals surface area contributed by atoms with Crippen molar-refractivity contribution in [3.63, 3.8) is 0 Å². The van der Waals surface area contributed by atoms with Crippen LogP contribution in [-0.2, 0) is 14.3 Å². The van der Waals surface area contributed by atoms with Gasteiger partial charge in [-0.05, 0) is 6.92 Å². The number of aliphatic hydroxyl groups excluding tert-OH is 3. The summed E-state index contributed by atoms with van der Waals surface area (Å²) < 4.78 is 10.00. The fraction of sp³-hybridized carbons (Fsp3) is 0.900. The van der Waals surface area contributed by atoms with Gasteiger partial charge in [-0.1, -0.05) is 0 Å².